The van der Waals surface area contributed by atoms with Gasteiger partial charge in [-0.2, -0.15) is 0 Å². The molecule has 128 valence electrons. The third kappa shape index (κ3) is 5.06. The molecular formula is C19H25N3O2. The molecular weight excluding hydrogens is 302 g/mol. The maximum absolute atomic E-state index is 12.6. The van der Waals surface area contributed by atoms with Gasteiger partial charge >= 0.3 is 6.03 Å². The fourth-order valence-electron chi connectivity index (χ4n) is 2.50. The first-order chi connectivity index (χ1) is 11.8. The van der Waals surface area contributed by atoms with Crippen LogP contribution in [-0.4, -0.2) is 40.7 Å². The summed E-state index contributed by atoms with van der Waals surface area (Å²) in [6, 6.07) is 11.5. The quantitative estimate of drug-likeness (QED) is 0.776. The maximum atomic E-state index is 12.6. The lowest BCUT2D eigenvalue weighted by Crippen LogP contribution is -2.37. The summed E-state index contributed by atoms with van der Waals surface area (Å²) in [4.78, 5) is 18.4. The number of urea groups is 1. The Hall–Kier alpha value is -2.40. The van der Waals surface area contributed by atoms with Gasteiger partial charge in [-0.3, -0.25) is 4.98 Å². The number of rotatable bonds is 8. The number of benzene rings is 1. The van der Waals surface area contributed by atoms with Crippen LogP contribution < -0.4 is 5.32 Å². The number of carbonyl (C=O) groups is 1. The Morgan fingerprint density at radius 2 is 1.83 bits per heavy atom. The predicted octanol–water partition coefficient (Wildman–Crippen LogP) is 3.77. The average molecular weight is 327 g/mol. The van der Waals surface area contributed by atoms with Crippen LogP contribution in [0.25, 0.3) is 11.1 Å². The van der Waals surface area contributed by atoms with Crippen molar-refractivity contribution in [2.24, 2.45) is 0 Å². The third-order valence-corrected chi connectivity index (χ3v) is 3.81. The van der Waals surface area contributed by atoms with Crippen LogP contribution in [0.5, 0.6) is 0 Å². The van der Waals surface area contributed by atoms with Gasteiger partial charge in [0.05, 0.1) is 5.69 Å². The molecule has 0 spiro atoms. The number of amides is 2. The third-order valence-electron chi connectivity index (χ3n) is 3.81. The number of hydrogen-bond acceptors (Lipinski definition) is 3. The smallest absolute Gasteiger partial charge is 0.321 e. The number of aliphatic hydroxyl groups excluding tert-OH is 1. The first kappa shape index (κ1) is 17.9. The first-order valence-corrected chi connectivity index (χ1v) is 8.42. The number of nitrogens with zero attached hydrogens (tertiary/aromatic N) is 2. The van der Waals surface area contributed by atoms with Gasteiger partial charge in [0.25, 0.3) is 0 Å². The number of carbonyl (C=O) groups excluding carboxylic acids is 1. The Bertz CT molecular complexity index is 624. The predicted molar refractivity (Wildman–Crippen MR) is 96.9 cm³/mol. The molecule has 0 saturated heterocycles. The van der Waals surface area contributed by atoms with Crippen LogP contribution in [0, 0.1) is 0 Å². The van der Waals surface area contributed by atoms with E-state index in [1.54, 1.807) is 17.3 Å². The molecule has 2 N–H and O–H groups in total. The van der Waals surface area contributed by atoms with E-state index in [-0.39, 0.29) is 12.6 Å². The van der Waals surface area contributed by atoms with E-state index in [2.05, 4.69) is 17.2 Å². The Kier molecular flexibility index (Phi) is 7.23. The highest BCUT2D eigenvalue weighted by molar-refractivity contribution is 5.94. The van der Waals surface area contributed by atoms with Crippen molar-refractivity contribution < 1.29 is 9.90 Å². The zero-order valence-electron chi connectivity index (χ0n) is 14.1. The second kappa shape index (κ2) is 9.67. The molecule has 0 saturated carbocycles. The Morgan fingerprint density at radius 3 is 2.54 bits per heavy atom. The molecule has 0 radical (unpaired) electrons. The summed E-state index contributed by atoms with van der Waals surface area (Å²) in [6.45, 7) is 3.43. The van der Waals surface area contributed by atoms with Crippen LogP contribution in [-0.2, 0) is 0 Å². The molecule has 2 rings (SSSR count). The van der Waals surface area contributed by atoms with Crippen LogP contribution in [0.4, 0.5) is 10.5 Å². The molecule has 0 unspecified atom stereocenters. The number of nitrogens with one attached hydrogen (secondary N) is 1. The van der Waals surface area contributed by atoms with Crippen molar-refractivity contribution >= 4 is 11.7 Å². The molecule has 0 aliphatic carbocycles. The number of aliphatic hydroxyl groups is 1. The largest absolute Gasteiger partial charge is 0.396 e. The summed E-state index contributed by atoms with van der Waals surface area (Å²) >= 11 is 0. The number of anilines is 1. The van der Waals surface area contributed by atoms with E-state index in [0.717, 1.165) is 29.7 Å². The van der Waals surface area contributed by atoms with Gasteiger partial charge in [0, 0.05) is 37.7 Å². The molecule has 0 aliphatic heterocycles. The highest BCUT2D eigenvalue weighted by atomic mass is 16.3. The number of para-hydroxylation sites is 1. The highest BCUT2D eigenvalue weighted by Gasteiger charge is 2.14. The van der Waals surface area contributed by atoms with Crippen LogP contribution in [0.3, 0.4) is 0 Å². The van der Waals surface area contributed by atoms with Crippen LogP contribution >= 0.6 is 0 Å². The van der Waals surface area contributed by atoms with Crippen molar-refractivity contribution in [2.45, 2.75) is 26.2 Å². The number of unbranched alkanes of at least 4 members (excludes halogenated alkanes) is 1. The van der Waals surface area contributed by atoms with Gasteiger partial charge in [-0.05, 0) is 36.6 Å². The van der Waals surface area contributed by atoms with Gasteiger partial charge in [-0.25, -0.2) is 4.79 Å². The molecule has 0 atom stereocenters. The molecule has 2 amide bonds. The fourth-order valence-corrected chi connectivity index (χ4v) is 2.50. The van der Waals surface area contributed by atoms with E-state index in [9.17, 15) is 4.79 Å². The lowest BCUT2D eigenvalue weighted by Gasteiger charge is -2.23. The number of aromatic nitrogens is 1. The van der Waals surface area contributed by atoms with E-state index >= 15 is 0 Å². The van der Waals surface area contributed by atoms with Crippen molar-refractivity contribution in [3.63, 3.8) is 0 Å². The monoisotopic (exact) mass is 327 g/mol. The Labute approximate surface area is 143 Å². The normalized spacial score (nSPS) is 10.4. The summed E-state index contributed by atoms with van der Waals surface area (Å²) in [6.07, 6.45) is 6.04. The van der Waals surface area contributed by atoms with Gasteiger partial charge in [0.1, 0.15) is 0 Å². The first-order valence-electron chi connectivity index (χ1n) is 8.42. The lowest BCUT2D eigenvalue weighted by atomic mass is 10.1. The minimum atomic E-state index is -0.126. The van der Waals surface area contributed by atoms with Gasteiger partial charge in [0.15, 0.2) is 0 Å². The second-order valence-corrected chi connectivity index (χ2v) is 5.63. The molecule has 2 aromatic rings. The van der Waals surface area contributed by atoms with Crippen molar-refractivity contribution in [1.29, 1.82) is 0 Å². The van der Waals surface area contributed by atoms with Gasteiger partial charge < -0.3 is 15.3 Å². The van der Waals surface area contributed by atoms with E-state index in [0.29, 0.717) is 19.5 Å². The lowest BCUT2D eigenvalue weighted by molar-refractivity contribution is 0.201. The van der Waals surface area contributed by atoms with Crippen LogP contribution in [0.1, 0.15) is 26.2 Å². The topological polar surface area (TPSA) is 65.5 Å². The molecule has 1 aromatic carbocycles. The summed E-state index contributed by atoms with van der Waals surface area (Å²) < 4.78 is 0. The molecule has 1 heterocycles. The average Bonchev–Trinajstić information content (AvgIpc) is 2.63. The van der Waals surface area contributed by atoms with Crippen LogP contribution in [0.2, 0.25) is 0 Å². The van der Waals surface area contributed by atoms with E-state index in [1.165, 1.54) is 0 Å². The van der Waals surface area contributed by atoms with E-state index in [4.69, 9.17) is 5.11 Å². The standard InChI is InChI=1S/C19H25N3O2/c1-2-3-13-22(14-6-15-23)19(24)21-18-8-5-4-7-17(18)16-9-11-20-12-10-16/h4-5,7-12,23H,2-3,6,13-15H2,1H3,(H,21,24). The highest BCUT2D eigenvalue weighted by Crippen LogP contribution is 2.27. The minimum Gasteiger partial charge on any atom is -0.396 e. The second-order valence-electron chi connectivity index (χ2n) is 5.63. The molecule has 5 heteroatoms. The molecule has 0 bridgehead atoms. The van der Waals surface area contributed by atoms with E-state index in [1.807, 2.05) is 36.4 Å². The zero-order valence-corrected chi connectivity index (χ0v) is 14.1. The maximum Gasteiger partial charge on any atom is 0.321 e. The van der Waals surface area contributed by atoms with Gasteiger partial charge in [0.2, 0.25) is 0 Å². The minimum absolute atomic E-state index is 0.0868. The van der Waals surface area contributed by atoms with Gasteiger partial charge in [-0.1, -0.05) is 31.5 Å². The summed E-state index contributed by atoms with van der Waals surface area (Å²) in [5, 5.41) is 12.1. The molecule has 1 aromatic heterocycles. The zero-order chi connectivity index (χ0) is 17.2. The van der Waals surface area contributed by atoms with Crippen molar-refractivity contribution in [2.75, 3.05) is 25.0 Å². The van der Waals surface area contributed by atoms with Gasteiger partial charge in [-0.15, -0.1) is 0 Å². The van der Waals surface area contributed by atoms with Crippen molar-refractivity contribution in [3.05, 3.63) is 48.8 Å². The molecule has 24 heavy (non-hydrogen) atoms. The Morgan fingerprint density at radius 1 is 1.12 bits per heavy atom. The summed E-state index contributed by atoms with van der Waals surface area (Å²) in [7, 11) is 0. The number of hydrogen-bond donors (Lipinski definition) is 2. The van der Waals surface area contributed by atoms with E-state index < -0.39 is 0 Å². The van der Waals surface area contributed by atoms with Crippen molar-refractivity contribution in [3.8, 4) is 11.1 Å². The molecule has 0 fully saturated rings. The SMILES string of the molecule is CCCCN(CCCO)C(=O)Nc1ccccc1-c1ccncc1. The van der Waals surface area contributed by atoms with Crippen LogP contribution in [0.15, 0.2) is 48.8 Å². The Balaban J connectivity index is 2.15. The summed E-state index contributed by atoms with van der Waals surface area (Å²) in [5.41, 5.74) is 2.75. The number of pyridine rings is 1. The molecule has 0 aliphatic rings. The molecule has 5 nitrogen and oxygen atoms in total. The van der Waals surface area contributed by atoms with Crippen molar-refractivity contribution in [1.82, 2.24) is 9.88 Å². The summed E-state index contributed by atoms with van der Waals surface area (Å²) in [5.74, 6) is 0. The fraction of sp³-hybridized carbons (Fsp3) is 0.368.